The van der Waals surface area contributed by atoms with Gasteiger partial charge in [0.1, 0.15) is 0 Å². The standard InChI is InChI=1S/C3H7NO2.HNO3/c1-2-3-4(5)6;2-1(3)4/h2-3H2,1H3;(H,2,3,4). The van der Waals surface area contributed by atoms with Crippen LogP contribution in [0.15, 0.2) is 0 Å². The van der Waals surface area contributed by atoms with E-state index in [9.17, 15) is 10.1 Å². The molecular weight excluding hydrogens is 144 g/mol. The van der Waals surface area contributed by atoms with Crippen molar-refractivity contribution in [2.24, 2.45) is 0 Å². The number of nitrogens with zero attached hydrogens (tertiary/aromatic N) is 2. The number of hydrogen-bond donors (Lipinski definition) is 1. The van der Waals surface area contributed by atoms with Gasteiger partial charge in [-0.1, -0.05) is 6.92 Å². The average Bonchev–Trinajstić information content (AvgIpc) is 1.62. The van der Waals surface area contributed by atoms with Gasteiger partial charge in [0.05, 0.1) is 0 Å². The molecule has 0 aromatic rings. The summed E-state index contributed by atoms with van der Waals surface area (Å²) in [6.45, 7) is 1.88. The molecule has 0 aliphatic heterocycles. The van der Waals surface area contributed by atoms with Gasteiger partial charge in [-0.3, -0.25) is 10.1 Å². The van der Waals surface area contributed by atoms with E-state index in [1.807, 2.05) is 0 Å². The summed E-state index contributed by atoms with van der Waals surface area (Å²) in [5.41, 5.74) is 0. The lowest BCUT2D eigenvalue weighted by atomic mass is 10.5. The van der Waals surface area contributed by atoms with E-state index in [1.54, 1.807) is 6.92 Å². The van der Waals surface area contributed by atoms with Crippen LogP contribution < -0.4 is 0 Å². The van der Waals surface area contributed by atoms with Gasteiger partial charge in [-0.2, -0.15) is 0 Å². The molecule has 0 aromatic carbocycles. The Morgan fingerprint density at radius 1 is 1.40 bits per heavy atom. The Hall–Kier alpha value is -1.40. The van der Waals surface area contributed by atoms with Crippen LogP contribution in [-0.2, 0) is 0 Å². The summed E-state index contributed by atoms with van der Waals surface area (Å²) in [5, 5.41) is 23.0. The fourth-order valence-corrected chi connectivity index (χ4v) is 0.183. The molecule has 7 nitrogen and oxygen atoms in total. The molecule has 0 aromatic heterocycles. The minimum absolute atomic E-state index is 0.0972. The predicted octanol–water partition coefficient (Wildman–Crippen LogP) is 0.325. The van der Waals surface area contributed by atoms with E-state index in [2.05, 4.69) is 0 Å². The lowest BCUT2D eigenvalue weighted by Gasteiger charge is -1.80. The highest BCUT2D eigenvalue weighted by molar-refractivity contribution is 4.18. The molecule has 0 radical (unpaired) electrons. The first-order chi connectivity index (χ1) is 4.50. The summed E-state index contributed by atoms with van der Waals surface area (Å²) in [6.07, 6.45) is 0.632. The van der Waals surface area contributed by atoms with Gasteiger partial charge < -0.3 is 5.21 Å². The van der Waals surface area contributed by atoms with Gasteiger partial charge in [0.15, 0.2) is 0 Å². The van der Waals surface area contributed by atoms with Crippen LogP contribution in [0.4, 0.5) is 0 Å². The fourth-order valence-electron chi connectivity index (χ4n) is 0.183. The van der Waals surface area contributed by atoms with E-state index in [0.717, 1.165) is 0 Å². The van der Waals surface area contributed by atoms with Crippen molar-refractivity contribution in [3.05, 3.63) is 20.2 Å². The maximum absolute atomic E-state index is 9.40. The van der Waals surface area contributed by atoms with Gasteiger partial charge in [0, 0.05) is 11.3 Å². The highest BCUT2D eigenvalue weighted by atomic mass is 16.9. The molecule has 0 saturated carbocycles. The highest BCUT2D eigenvalue weighted by Crippen LogP contribution is 1.72. The Labute approximate surface area is 56.5 Å². The van der Waals surface area contributed by atoms with E-state index in [-0.39, 0.29) is 11.5 Å². The van der Waals surface area contributed by atoms with E-state index in [1.165, 1.54) is 0 Å². The van der Waals surface area contributed by atoms with Crippen LogP contribution in [0, 0.1) is 20.2 Å². The SMILES string of the molecule is CCC[N+](=O)[O-].O=[N+]([O-])O. The van der Waals surface area contributed by atoms with Crippen molar-refractivity contribution < 1.29 is 15.2 Å². The van der Waals surface area contributed by atoms with Crippen LogP contribution >= 0.6 is 0 Å². The van der Waals surface area contributed by atoms with Crippen molar-refractivity contribution in [2.45, 2.75) is 13.3 Å². The molecule has 0 fully saturated rings. The molecule has 1 N–H and O–H groups in total. The monoisotopic (exact) mass is 152 g/mol. The first kappa shape index (κ1) is 11.4. The molecule has 0 bridgehead atoms. The fraction of sp³-hybridized carbons (Fsp3) is 1.00. The summed E-state index contributed by atoms with van der Waals surface area (Å²) in [5.74, 6) is 0. The van der Waals surface area contributed by atoms with Gasteiger partial charge >= 0.3 is 0 Å². The van der Waals surface area contributed by atoms with Crippen LogP contribution in [0.2, 0.25) is 0 Å². The quantitative estimate of drug-likeness (QED) is 0.453. The Kier molecular flexibility index (Phi) is 8.67. The van der Waals surface area contributed by atoms with Crippen LogP contribution in [0.5, 0.6) is 0 Å². The maximum atomic E-state index is 9.40. The summed E-state index contributed by atoms with van der Waals surface area (Å²) >= 11 is 0. The molecule has 60 valence electrons. The predicted molar refractivity (Wildman–Crippen MR) is 30.9 cm³/mol. The van der Waals surface area contributed by atoms with Crippen molar-refractivity contribution in [1.82, 2.24) is 0 Å². The van der Waals surface area contributed by atoms with Crippen molar-refractivity contribution in [2.75, 3.05) is 6.54 Å². The zero-order chi connectivity index (χ0) is 8.57. The summed E-state index contributed by atoms with van der Waals surface area (Å²) in [6, 6.07) is 0. The topological polar surface area (TPSA) is 107 Å². The molecule has 0 amide bonds. The number of nitro groups is 1. The van der Waals surface area contributed by atoms with E-state index >= 15 is 0 Å². The minimum atomic E-state index is -1.50. The first-order valence-electron chi connectivity index (χ1n) is 2.45. The second-order valence-corrected chi connectivity index (χ2v) is 1.29. The molecule has 0 aliphatic carbocycles. The molecule has 7 heteroatoms. The largest absolute Gasteiger partial charge is 0.328 e. The van der Waals surface area contributed by atoms with Crippen LogP contribution in [0.3, 0.4) is 0 Å². The molecule has 0 heterocycles. The number of rotatable bonds is 2. The van der Waals surface area contributed by atoms with Gasteiger partial charge in [0.2, 0.25) is 6.54 Å². The lowest BCUT2D eigenvalue weighted by molar-refractivity contribution is -0.742. The van der Waals surface area contributed by atoms with Crippen LogP contribution in [0.1, 0.15) is 13.3 Å². The van der Waals surface area contributed by atoms with Crippen LogP contribution in [-0.4, -0.2) is 21.8 Å². The van der Waals surface area contributed by atoms with Crippen molar-refractivity contribution in [3.8, 4) is 0 Å². The van der Waals surface area contributed by atoms with Gasteiger partial charge in [-0.05, 0) is 0 Å². The van der Waals surface area contributed by atoms with E-state index in [4.69, 9.17) is 15.3 Å². The molecule has 0 atom stereocenters. The van der Waals surface area contributed by atoms with Gasteiger partial charge in [-0.15, -0.1) is 10.1 Å². The maximum Gasteiger partial charge on any atom is 0.291 e. The molecule has 10 heavy (non-hydrogen) atoms. The van der Waals surface area contributed by atoms with Crippen molar-refractivity contribution in [3.63, 3.8) is 0 Å². The molecule has 0 aliphatic rings. The highest BCUT2D eigenvalue weighted by Gasteiger charge is 1.85. The smallest absolute Gasteiger partial charge is 0.291 e. The first-order valence-corrected chi connectivity index (χ1v) is 2.45. The summed E-state index contributed by atoms with van der Waals surface area (Å²) in [4.78, 5) is 17.4. The van der Waals surface area contributed by atoms with Crippen molar-refractivity contribution in [1.29, 1.82) is 0 Å². The molecule has 0 unspecified atom stereocenters. The second kappa shape index (κ2) is 7.60. The zero-order valence-corrected chi connectivity index (χ0v) is 5.39. The van der Waals surface area contributed by atoms with E-state index in [0.29, 0.717) is 6.42 Å². The summed E-state index contributed by atoms with van der Waals surface area (Å²) in [7, 11) is 0. The molecule has 0 rings (SSSR count). The van der Waals surface area contributed by atoms with E-state index < -0.39 is 5.09 Å². The third-order valence-electron chi connectivity index (χ3n) is 0.406. The molecule has 0 spiro atoms. The second-order valence-electron chi connectivity index (χ2n) is 1.29. The van der Waals surface area contributed by atoms with Crippen molar-refractivity contribution >= 4 is 0 Å². The Bertz CT molecular complexity index is 109. The average molecular weight is 152 g/mol. The lowest BCUT2D eigenvalue weighted by Crippen LogP contribution is -1.96. The third kappa shape index (κ3) is 80.8. The van der Waals surface area contributed by atoms with Gasteiger partial charge in [0.25, 0.3) is 5.09 Å². The number of hydrogen-bond acceptors (Lipinski definition) is 4. The zero-order valence-electron chi connectivity index (χ0n) is 5.39. The minimum Gasteiger partial charge on any atom is -0.328 e. The normalized spacial score (nSPS) is 7.30. The van der Waals surface area contributed by atoms with Gasteiger partial charge in [-0.25, -0.2) is 0 Å². The molecule has 0 saturated heterocycles. The third-order valence-corrected chi connectivity index (χ3v) is 0.406. The molecular formula is C3H8N2O5. The Morgan fingerprint density at radius 2 is 1.70 bits per heavy atom. The Balaban J connectivity index is 0. The summed E-state index contributed by atoms with van der Waals surface area (Å²) < 4.78 is 0. The van der Waals surface area contributed by atoms with Crippen LogP contribution in [0.25, 0.3) is 0 Å². The Morgan fingerprint density at radius 3 is 1.70 bits per heavy atom.